The van der Waals surface area contributed by atoms with Crippen LogP contribution in [-0.2, 0) is 10.0 Å². The summed E-state index contributed by atoms with van der Waals surface area (Å²) in [7, 11) is -3.02. The van der Waals surface area contributed by atoms with E-state index in [0.29, 0.717) is 0 Å². The molecule has 0 fully saturated rings. The van der Waals surface area contributed by atoms with Crippen LogP contribution in [0.4, 0.5) is 0 Å². The summed E-state index contributed by atoms with van der Waals surface area (Å²) in [5, 5.41) is 0.919. The normalized spacial score (nSPS) is 14.8. The number of sulfonamides is 1. The zero-order valence-electron chi connectivity index (χ0n) is 6.80. The van der Waals surface area contributed by atoms with E-state index in [9.17, 15) is 8.42 Å². The van der Waals surface area contributed by atoms with Gasteiger partial charge in [-0.3, -0.25) is 0 Å². The second-order valence-electron chi connectivity index (χ2n) is 2.62. The molecule has 1 unspecified atom stereocenters. The van der Waals surface area contributed by atoms with Gasteiger partial charge in [-0.1, -0.05) is 15.9 Å². The van der Waals surface area contributed by atoms with Crippen LogP contribution < -0.4 is 4.72 Å². The first-order chi connectivity index (χ1) is 4.95. The van der Waals surface area contributed by atoms with Crippen molar-refractivity contribution in [2.45, 2.75) is 25.8 Å². The Morgan fingerprint density at radius 2 is 2.09 bits per heavy atom. The van der Waals surface area contributed by atoms with Gasteiger partial charge >= 0.3 is 0 Å². The minimum Gasteiger partial charge on any atom is -0.213 e. The fraction of sp³-hybridized carbons (Fsp3) is 1.00. The van der Waals surface area contributed by atoms with Crippen LogP contribution in [-0.4, -0.2) is 26.0 Å². The maximum Gasteiger partial charge on any atom is 0.208 e. The highest BCUT2D eigenvalue weighted by molar-refractivity contribution is 9.09. The van der Waals surface area contributed by atoms with E-state index in [1.54, 1.807) is 0 Å². The van der Waals surface area contributed by atoms with E-state index in [0.717, 1.165) is 18.2 Å². The molecule has 5 heteroatoms. The molecule has 0 rings (SSSR count). The van der Waals surface area contributed by atoms with Gasteiger partial charge in [0.2, 0.25) is 10.0 Å². The van der Waals surface area contributed by atoms with Crippen LogP contribution >= 0.6 is 15.9 Å². The van der Waals surface area contributed by atoms with Crippen LogP contribution in [0.2, 0.25) is 0 Å². The quantitative estimate of drug-likeness (QED) is 0.736. The van der Waals surface area contributed by atoms with Gasteiger partial charge in [0.15, 0.2) is 0 Å². The first-order valence-electron chi connectivity index (χ1n) is 3.49. The van der Waals surface area contributed by atoms with E-state index < -0.39 is 10.0 Å². The predicted molar refractivity (Wildman–Crippen MR) is 50.5 cm³/mol. The fourth-order valence-corrected chi connectivity index (χ4v) is 1.98. The van der Waals surface area contributed by atoms with Gasteiger partial charge in [-0.15, -0.1) is 0 Å². The van der Waals surface area contributed by atoms with Crippen LogP contribution in [0.3, 0.4) is 0 Å². The maximum absolute atomic E-state index is 10.7. The number of hydrogen-bond acceptors (Lipinski definition) is 2. The first-order valence-corrected chi connectivity index (χ1v) is 6.50. The summed E-state index contributed by atoms with van der Waals surface area (Å²) in [6, 6.07) is 0.0440. The zero-order chi connectivity index (χ0) is 8.91. The molecular weight excluding hydrogens is 230 g/mol. The highest BCUT2D eigenvalue weighted by Crippen LogP contribution is 1.99. The lowest BCUT2D eigenvalue weighted by Gasteiger charge is -2.10. The average molecular weight is 244 g/mol. The number of alkyl halides is 1. The van der Waals surface area contributed by atoms with Gasteiger partial charge < -0.3 is 0 Å². The van der Waals surface area contributed by atoms with E-state index in [4.69, 9.17) is 0 Å². The van der Waals surface area contributed by atoms with E-state index in [1.807, 2.05) is 6.92 Å². The van der Waals surface area contributed by atoms with Crippen LogP contribution in [0.5, 0.6) is 0 Å². The standard InChI is InChI=1S/C6H14BrNO2S/c1-6(4-3-5-7)8-11(2,9)10/h6,8H,3-5H2,1-2H3. The van der Waals surface area contributed by atoms with Crippen molar-refractivity contribution in [2.24, 2.45) is 0 Å². The predicted octanol–water partition coefficient (Wildman–Crippen LogP) is 1.10. The Hall–Kier alpha value is 0.390. The monoisotopic (exact) mass is 243 g/mol. The Morgan fingerprint density at radius 3 is 2.45 bits per heavy atom. The summed E-state index contributed by atoms with van der Waals surface area (Å²) in [5.41, 5.74) is 0. The molecule has 0 bridgehead atoms. The number of rotatable bonds is 5. The molecule has 0 heterocycles. The van der Waals surface area contributed by atoms with Gasteiger partial charge in [-0.2, -0.15) is 0 Å². The molecule has 0 saturated heterocycles. The van der Waals surface area contributed by atoms with E-state index in [2.05, 4.69) is 20.7 Å². The minimum absolute atomic E-state index is 0.0440. The van der Waals surface area contributed by atoms with Crippen molar-refractivity contribution >= 4 is 26.0 Å². The molecule has 0 spiro atoms. The maximum atomic E-state index is 10.7. The van der Waals surface area contributed by atoms with Gasteiger partial charge in [-0.05, 0) is 19.8 Å². The molecule has 0 aromatic rings. The third kappa shape index (κ3) is 8.29. The number of nitrogens with one attached hydrogen (secondary N) is 1. The molecular formula is C6H14BrNO2S. The highest BCUT2D eigenvalue weighted by Gasteiger charge is 2.06. The third-order valence-electron chi connectivity index (χ3n) is 1.19. The van der Waals surface area contributed by atoms with Gasteiger partial charge in [-0.25, -0.2) is 13.1 Å². The smallest absolute Gasteiger partial charge is 0.208 e. The molecule has 0 aromatic carbocycles. The van der Waals surface area contributed by atoms with Crippen molar-refractivity contribution in [1.29, 1.82) is 0 Å². The molecule has 11 heavy (non-hydrogen) atoms. The largest absolute Gasteiger partial charge is 0.213 e. The molecule has 68 valence electrons. The topological polar surface area (TPSA) is 46.2 Å². The second-order valence-corrected chi connectivity index (χ2v) is 5.20. The summed E-state index contributed by atoms with van der Waals surface area (Å²) in [4.78, 5) is 0. The lowest BCUT2D eigenvalue weighted by molar-refractivity contribution is 0.550. The molecule has 0 saturated carbocycles. The first kappa shape index (κ1) is 11.4. The van der Waals surface area contributed by atoms with Crippen molar-refractivity contribution in [2.75, 3.05) is 11.6 Å². The lowest BCUT2D eigenvalue weighted by atomic mass is 10.2. The Bertz CT molecular complexity index is 191. The Labute approximate surface area is 76.7 Å². The summed E-state index contributed by atoms with van der Waals surface area (Å²) in [6.07, 6.45) is 3.04. The van der Waals surface area contributed by atoms with E-state index >= 15 is 0 Å². The Balaban J connectivity index is 3.61. The fourth-order valence-electron chi connectivity index (χ4n) is 0.808. The van der Waals surface area contributed by atoms with Gasteiger partial charge in [0.25, 0.3) is 0 Å². The molecule has 0 amide bonds. The molecule has 0 aliphatic rings. The van der Waals surface area contributed by atoms with Crippen LogP contribution in [0.15, 0.2) is 0 Å². The lowest BCUT2D eigenvalue weighted by Crippen LogP contribution is -2.31. The summed E-state index contributed by atoms with van der Waals surface area (Å²) in [5.74, 6) is 0. The van der Waals surface area contributed by atoms with E-state index in [-0.39, 0.29) is 6.04 Å². The van der Waals surface area contributed by atoms with Crippen LogP contribution in [0, 0.1) is 0 Å². The van der Waals surface area contributed by atoms with Crippen LogP contribution in [0.1, 0.15) is 19.8 Å². The van der Waals surface area contributed by atoms with Crippen molar-refractivity contribution in [3.63, 3.8) is 0 Å². The molecule has 3 nitrogen and oxygen atoms in total. The summed E-state index contributed by atoms with van der Waals surface area (Å²) in [6.45, 7) is 1.86. The van der Waals surface area contributed by atoms with Gasteiger partial charge in [0.05, 0.1) is 6.26 Å². The van der Waals surface area contributed by atoms with Gasteiger partial charge in [0.1, 0.15) is 0 Å². The number of hydrogen-bond donors (Lipinski definition) is 1. The Morgan fingerprint density at radius 1 is 1.55 bits per heavy atom. The minimum atomic E-state index is -3.02. The third-order valence-corrected chi connectivity index (χ3v) is 2.58. The highest BCUT2D eigenvalue weighted by atomic mass is 79.9. The van der Waals surface area contributed by atoms with Crippen molar-refractivity contribution in [3.8, 4) is 0 Å². The molecule has 0 aromatic heterocycles. The van der Waals surface area contributed by atoms with Crippen molar-refractivity contribution in [1.82, 2.24) is 4.72 Å². The molecule has 0 aliphatic carbocycles. The SMILES string of the molecule is CC(CCCBr)NS(C)(=O)=O. The summed E-state index contributed by atoms with van der Waals surface area (Å²) < 4.78 is 23.9. The molecule has 0 radical (unpaired) electrons. The Kier molecular flexibility index (Phi) is 5.29. The van der Waals surface area contributed by atoms with E-state index in [1.165, 1.54) is 6.26 Å². The average Bonchev–Trinajstić information content (AvgIpc) is 1.79. The van der Waals surface area contributed by atoms with Gasteiger partial charge in [0, 0.05) is 11.4 Å². The number of halogens is 1. The van der Waals surface area contributed by atoms with Crippen molar-refractivity contribution < 1.29 is 8.42 Å². The molecule has 1 N–H and O–H groups in total. The van der Waals surface area contributed by atoms with Crippen molar-refractivity contribution in [3.05, 3.63) is 0 Å². The molecule has 1 atom stereocenters. The second kappa shape index (κ2) is 5.11. The summed E-state index contributed by atoms with van der Waals surface area (Å²) >= 11 is 3.28. The van der Waals surface area contributed by atoms with Crippen LogP contribution in [0.25, 0.3) is 0 Å². The molecule has 0 aliphatic heterocycles. The zero-order valence-corrected chi connectivity index (χ0v) is 9.20.